The van der Waals surface area contributed by atoms with Crippen LogP contribution in [0.1, 0.15) is 43.6 Å². The highest BCUT2D eigenvalue weighted by molar-refractivity contribution is 5.20. The second kappa shape index (κ2) is 8.42. The molecule has 1 fully saturated rings. The van der Waals surface area contributed by atoms with Crippen molar-refractivity contribution < 1.29 is 4.74 Å². The van der Waals surface area contributed by atoms with Gasteiger partial charge in [-0.1, -0.05) is 67.8 Å². The van der Waals surface area contributed by atoms with Crippen LogP contribution in [0.5, 0.6) is 5.75 Å². The molecule has 2 aromatic rings. The van der Waals surface area contributed by atoms with Crippen LogP contribution in [0.15, 0.2) is 60.7 Å². The lowest BCUT2D eigenvalue weighted by molar-refractivity contribution is 0.415. The number of methoxy groups -OCH3 is 1. The molecule has 1 aliphatic rings. The summed E-state index contributed by atoms with van der Waals surface area (Å²) in [4.78, 5) is 0. The lowest BCUT2D eigenvalue weighted by Gasteiger charge is -2.21. The predicted molar refractivity (Wildman–Crippen MR) is 85.3 cm³/mol. The first kappa shape index (κ1) is 14.6. The van der Waals surface area contributed by atoms with E-state index in [0.29, 0.717) is 0 Å². The molecule has 0 aliphatic heterocycles. The minimum absolute atomic E-state index is 0.861. The van der Waals surface area contributed by atoms with Crippen LogP contribution in [-0.2, 0) is 0 Å². The Labute approximate surface area is 122 Å². The molecule has 0 amide bonds. The molecule has 20 heavy (non-hydrogen) atoms. The fourth-order valence-electron chi connectivity index (χ4n) is 2.72. The minimum Gasteiger partial charge on any atom is -0.497 e. The van der Waals surface area contributed by atoms with Crippen molar-refractivity contribution in [1.29, 1.82) is 0 Å². The SMILES string of the molecule is COc1ccccc1.c1ccc(C2CCCCC2)cc1. The fraction of sp³-hybridized carbons (Fsp3) is 0.368. The molecular formula is C19H24O. The van der Waals surface area contributed by atoms with Crippen LogP contribution in [0.4, 0.5) is 0 Å². The third kappa shape index (κ3) is 4.73. The van der Waals surface area contributed by atoms with E-state index >= 15 is 0 Å². The van der Waals surface area contributed by atoms with Gasteiger partial charge in [0, 0.05) is 0 Å². The maximum absolute atomic E-state index is 4.91. The lowest BCUT2D eigenvalue weighted by Crippen LogP contribution is -2.03. The standard InChI is InChI=1S/C12H16.C7H8O/c1-3-7-11(8-4-1)12-9-5-2-6-10-12;1-8-7-5-3-2-4-6-7/h1,3-4,7-8,12H,2,5-6,9-10H2;2-6H,1H3. The Bertz CT molecular complexity index is 458. The Morgan fingerprint density at radius 3 is 1.80 bits per heavy atom. The van der Waals surface area contributed by atoms with E-state index in [1.807, 2.05) is 30.3 Å². The van der Waals surface area contributed by atoms with Gasteiger partial charge in [0.1, 0.15) is 5.75 Å². The monoisotopic (exact) mass is 268 g/mol. The Hall–Kier alpha value is -1.76. The molecule has 0 radical (unpaired) electrons. The molecule has 1 aliphatic carbocycles. The van der Waals surface area contributed by atoms with Gasteiger partial charge in [0.05, 0.1) is 7.11 Å². The van der Waals surface area contributed by atoms with Gasteiger partial charge in [-0.3, -0.25) is 0 Å². The number of ether oxygens (including phenoxy) is 1. The van der Waals surface area contributed by atoms with Gasteiger partial charge in [-0.05, 0) is 36.5 Å². The summed E-state index contributed by atoms with van der Waals surface area (Å²) in [7, 11) is 1.66. The van der Waals surface area contributed by atoms with Gasteiger partial charge in [0.2, 0.25) is 0 Å². The summed E-state index contributed by atoms with van der Waals surface area (Å²) in [6.07, 6.45) is 7.12. The number of hydrogen-bond acceptors (Lipinski definition) is 1. The van der Waals surface area contributed by atoms with Crippen molar-refractivity contribution in [3.63, 3.8) is 0 Å². The quantitative estimate of drug-likeness (QED) is 0.705. The highest BCUT2D eigenvalue weighted by atomic mass is 16.5. The number of hydrogen-bond donors (Lipinski definition) is 0. The van der Waals surface area contributed by atoms with Crippen molar-refractivity contribution in [3.8, 4) is 5.75 Å². The van der Waals surface area contributed by atoms with E-state index < -0.39 is 0 Å². The molecule has 1 nitrogen and oxygen atoms in total. The Morgan fingerprint density at radius 1 is 0.750 bits per heavy atom. The van der Waals surface area contributed by atoms with E-state index in [-0.39, 0.29) is 0 Å². The summed E-state index contributed by atoms with van der Waals surface area (Å²) in [6.45, 7) is 0. The first-order valence-electron chi connectivity index (χ1n) is 7.54. The van der Waals surface area contributed by atoms with Crippen molar-refractivity contribution in [3.05, 3.63) is 66.2 Å². The second-order valence-electron chi connectivity index (χ2n) is 5.26. The predicted octanol–water partition coefficient (Wildman–Crippen LogP) is 5.43. The van der Waals surface area contributed by atoms with Crippen LogP contribution >= 0.6 is 0 Å². The summed E-state index contributed by atoms with van der Waals surface area (Å²) in [5, 5.41) is 0. The number of para-hydroxylation sites is 1. The largest absolute Gasteiger partial charge is 0.497 e. The first-order valence-corrected chi connectivity index (χ1v) is 7.54. The summed E-state index contributed by atoms with van der Waals surface area (Å²) in [5.74, 6) is 1.77. The molecule has 0 N–H and O–H groups in total. The smallest absolute Gasteiger partial charge is 0.118 e. The average Bonchev–Trinajstić information content (AvgIpc) is 2.58. The molecule has 1 saturated carbocycles. The van der Waals surface area contributed by atoms with Crippen LogP contribution in [0.25, 0.3) is 0 Å². The molecule has 0 saturated heterocycles. The summed E-state index contributed by atoms with van der Waals surface area (Å²) in [6, 6.07) is 20.6. The van der Waals surface area contributed by atoms with E-state index in [2.05, 4.69) is 30.3 Å². The summed E-state index contributed by atoms with van der Waals surface area (Å²) >= 11 is 0. The van der Waals surface area contributed by atoms with Gasteiger partial charge >= 0.3 is 0 Å². The molecule has 0 bridgehead atoms. The van der Waals surface area contributed by atoms with Gasteiger partial charge < -0.3 is 4.74 Å². The zero-order chi connectivity index (χ0) is 14.0. The van der Waals surface area contributed by atoms with Gasteiger partial charge in [0.25, 0.3) is 0 Å². The van der Waals surface area contributed by atoms with Crippen molar-refractivity contribution in [2.75, 3.05) is 7.11 Å². The van der Waals surface area contributed by atoms with Crippen molar-refractivity contribution in [2.24, 2.45) is 0 Å². The van der Waals surface area contributed by atoms with Gasteiger partial charge in [-0.2, -0.15) is 0 Å². The van der Waals surface area contributed by atoms with Crippen LogP contribution in [0.3, 0.4) is 0 Å². The van der Waals surface area contributed by atoms with E-state index in [1.54, 1.807) is 12.7 Å². The van der Waals surface area contributed by atoms with Crippen molar-refractivity contribution >= 4 is 0 Å². The second-order valence-corrected chi connectivity index (χ2v) is 5.26. The molecule has 2 aromatic carbocycles. The third-order valence-electron chi connectivity index (χ3n) is 3.86. The van der Waals surface area contributed by atoms with Crippen LogP contribution in [0, 0.1) is 0 Å². The maximum Gasteiger partial charge on any atom is 0.118 e. The van der Waals surface area contributed by atoms with Gasteiger partial charge in [-0.15, -0.1) is 0 Å². The average molecular weight is 268 g/mol. The zero-order valence-electron chi connectivity index (χ0n) is 12.3. The molecule has 0 aromatic heterocycles. The summed E-state index contributed by atoms with van der Waals surface area (Å²) in [5.41, 5.74) is 1.55. The maximum atomic E-state index is 4.91. The van der Waals surface area contributed by atoms with Gasteiger partial charge in [-0.25, -0.2) is 0 Å². The lowest BCUT2D eigenvalue weighted by atomic mass is 9.84. The van der Waals surface area contributed by atoms with Crippen LogP contribution in [-0.4, -0.2) is 7.11 Å². The molecule has 0 heterocycles. The first-order chi connectivity index (χ1) is 9.90. The summed E-state index contributed by atoms with van der Waals surface area (Å²) < 4.78 is 4.91. The molecule has 0 atom stereocenters. The molecule has 0 spiro atoms. The van der Waals surface area contributed by atoms with Crippen LogP contribution < -0.4 is 4.74 Å². The van der Waals surface area contributed by atoms with Crippen molar-refractivity contribution in [1.82, 2.24) is 0 Å². The highest BCUT2D eigenvalue weighted by Gasteiger charge is 2.14. The minimum atomic E-state index is 0.861. The number of rotatable bonds is 2. The van der Waals surface area contributed by atoms with E-state index in [9.17, 15) is 0 Å². The Morgan fingerprint density at radius 2 is 1.30 bits per heavy atom. The third-order valence-corrected chi connectivity index (χ3v) is 3.86. The van der Waals surface area contributed by atoms with E-state index in [1.165, 1.54) is 32.1 Å². The fourth-order valence-corrected chi connectivity index (χ4v) is 2.72. The van der Waals surface area contributed by atoms with Gasteiger partial charge in [0.15, 0.2) is 0 Å². The molecule has 106 valence electrons. The zero-order valence-corrected chi connectivity index (χ0v) is 12.3. The molecular weight excluding hydrogens is 244 g/mol. The molecule has 1 heteroatoms. The van der Waals surface area contributed by atoms with Crippen molar-refractivity contribution in [2.45, 2.75) is 38.0 Å². The topological polar surface area (TPSA) is 9.23 Å². The molecule has 3 rings (SSSR count). The normalized spacial score (nSPS) is 15.1. The Balaban J connectivity index is 0.000000160. The van der Waals surface area contributed by atoms with E-state index in [0.717, 1.165) is 11.7 Å². The highest BCUT2D eigenvalue weighted by Crippen LogP contribution is 2.32. The molecule has 0 unspecified atom stereocenters. The number of benzene rings is 2. The van der Waals surface area contributed by atoms with E-state index in [4.69, 9.17) is 4.74 Å². The Kier molecular flexibility index (Phi) is 6.16. The van der Waals surface area contributed by atoms with Crippen LogP contribution in [0.2, 0.25) is 0 Å².